The summed E-state index contributed by atoms with van der Waals surface area (Å²) in [6, 6.07) is 38.2. The minimum atomic E-state index is 0.887. The van der Waals surface area contributed by atoms with Gasteiger partial charge in [-0.2, -0.15) is 0 Å². The van der Waals surface area contributed by atoms with E-state index in [0.29, 0.717) is 0 Å². The summed E-state index contributed by atoms with van der Waals surface area (Å²) in [7, 11) is 0. The van der Waals surface area contributed by atoms with Gasteiger partial charge in [-0.25, -0.2) is 9.97 Å². The molecule has 0 amide bonds. The summed E-state index contributed by atoms with van der Waals surface area (Å²) in [5, 5.41) is 4.64. The molecule has 6 aromatic rings. The number of hydrogen-bond acceptors (Lipinski definition) is 2. The third kappa shape index (κ3) is 3.45. The molecule has 0 aliphatic heterocycles. The SMILES string of the molecule is Cc1ccccc1-c1nc(-c2cc3ccccc3c(-c3ccccc3C)n2)cc2ccccc12. The number of aryl methyl sites for hydroxylation is 2. The van der Waals surface area contributed by atoms with Crippen molar-refractivity contribution in [3.05, 3.63) is 120 Å². The van der Waals surface area contributed by atoms with Gasteiger partial charge in [-0.1, -0.05) is 97.1 Å². The lowest BCUT2D eigenvalue weighted by atomic mass is 9.97. The Bertz CT molecular complexity index is 1550. The first kappa shape index (κ1) is 20.3. The summed E-state index contributed by atoms with van der Waals surface area (Å²) in [5.41, 5.74) is 8.50. The van der Waals surface area contributed by atoms with Crippen molar-refractivity contribution < 1.29 is 0 Å². The smallest absolute Gasteiger partial charge is 0.0900 e. The van der Waals surface area contributed by atoms with E-state index in [1.807, 2.05) is 0 Å². The third-order valence-electron chi connectivity index (χ3n) is 6.54. The summed E-state index contributed by atoms with van der Waals surface area (Å²) in [6.45, 7) is 4.28. The minimum Gasteiger partial charge on any atom is -0.245 e. The zero-order valence-electron chi connectivity index (χ0n) is 19.3. The highest BCUT2D eigenvalue weighted by molar-refractivity contribution is 6.00. The average Bonchev–Trinajstić information content (AvgIpc) is 2.88. The van der Waals surface area contributed by atoms with Gasteiger partial charge in [0, 0.05) is 21.9 Å². The Kier molecular flexibility index (Phi) is 4.92. The number of fused-ring (bicyclic) bond motifs is 2. The van der Waals surface area contributed by atoms with E-state index in [2.05, 4.69) is 123 Å². The number of hydrogen-bond donors (Lipinski definition) is 0. The van der Waals surface area contributed by atoms with Crippen molar-refractivity contribution in [3.63, 3.8) is 0 Å². The van der Waals surface area contributed by atoms with E-state index in [9.17, 15) is 0 Å². The number of benzene rings is 4. The molecule has 162 valence electrons. The van der Waals surface area contributed by atoms with E-state index in [1.165, 1.54) is 11.1 Å². The van der Waals surface area contributed by atoms with Crippen LogP contribution in [-0.2, 0) is 0 Å². The minimum absolute atomic E-state index is 0.887. The third-order valence-corrected chi connectivity index (χ3v) is 6.54. The number of pyridine rings is 2. The highest BCUT2D eigenvalue weighted by Gasteiger charge is 2.15. The Morgan fingerprint density at radius 2 is 0.824 bits per heavy atom. The standard InChI is InChI=1S/C32H24N2/c1-21-11-3-7-15-25(21)31-27-17-9-5-13-23(27)19-29(33-31)30-20-24-14-6-10-18-28(24)32(34-30)26-16-8-4-12-22(26)2/h3-20H,1-2H3. The Morgan fingerprint density at radius 3 is 1.26 bits per heavy atom. The molecule has 0 fully saturated rings. The maximum atomic E-state index is 5.20. The normalized spacial score (nSPS) is 11.2. The molecule has 0 radical (unpaired) electrons. The zero-order valence-corrected chi connectivity index (χ0v) is 19.3. The highest BCUT2D eigenvalue weighted by atomic mass is 14.8. The molecule has 0 spiro atoms. The van der Waals surface area contributed by atoms with Crippen molar-refractivity contribution in [2.45, 2.75) is 13.8 Å². The molecule has 0 bridgehead atoms. The predicted molar refractivity (Wildman–Crippen MR) is 143 cm³/mol. The van der Waals surface area contributed by atoms with Crippen LogP contribution in [0.4, 0.5) is 0 Å². The molecule has 2 aromatic heterocycles. The van der Waals surface area contributed by atoms with E-state index < -0.39 is 0 Å². The fraction of sp³-hybridized carbons (Fsp3) is 0.0625. The molecule has 0 atom stereocenters. The van der Waals surface area contributed by atoms with Gasteiger partial charge in [-0.05, 0) is 47.9 Å². The van der Waals surface area contributed by atoms with Gasteiger partial charge >= 0.3 is 0 Å². The van der Waals surface area contributed by atoms with Crippen molar-refractivity contribution in [2.75, 3.05) is 0 Å². The number of rotatable bonds is 3. The van der Waals surface area contributed by atoms with E-state index in [4.69, 9.17) is 9.97 Å². The highest BCUT2D eigenvalue weighted by Crippen LogP contribution is 2.35. The van der Waals surface area contributed by atoms with Gasteiger partial charge in [-0.15, -0.1) is 0 Å². The molecule has 6 rings (SSSR count). The molecular weight excluding hydrogens is 412 g/mol. The van der Waals surface area contributed by atoms with Crippen LogP contribution < -0.4 is 0 Å². The first-order valence-electron chi connectivity index (χ1n) is 11.6. The van der Waals surface area contributed by atoms with E-state index >= 15 is 0 Å². The van der Waals surface area contributed by atoms with Gasteiger partial charge in [0.1, 0.15) is 0 Å². The van der Waals surface area contributed by atoms with Crippen molar-refractivity contribution in [1.82, 2.24) is 9.97 Å². The molecule has 2 heterocycles. The Labute approximate surface area is 199 Å². The van der Waals surface area contributed by atoms with Crippen LogP contribution in [0.3, 0.4) is 0 Å². The molecule has 2 heteroatoms. The van der Waals surface area contributed by atoms with Crippen molar-refractivity contribution in [1.29, 1.82) is 0 Å². The van der Waals surface area contributed by atoms with E-state index in [-0.39, 0.29) is 0 Å². The number of nitrogens with zero attached hydrogens (tertiary/aromatic N) is 2. The fourth-order valence-electron chi connectivity index (χ4n) is 4.75. The maximum Gasteiger partial charge on any atom is 0.0900 e. The van der Waals surface area contributed by atoms with Crippen LogP contribution in [-0.4, -0.2) is 9.97 Å². The van der Waals surface area contributed by atoms with Crippen molar-refractivity contribution in [3.8, 4) is 33.9 Å². The largest absolute Gasteiger partial charge is 0.245 e. The molecule has 0 saturated heterocycles. The second kappa shape index (κ2) is 8.24. The van der Waals surface area contributed by atoms with Gasteiger partial charge in [0.05, 0.1) is 22.8 Å². The molecule has 4 aromatic carbocycles. The summed E-state index contributed by atoms with van der Waals surface area (Å²) < 4.78 is 0. The fourth-order valence-corrected chi connectivity index (χ4v) is 4.75. The first-order chi connectivity index (χ1) is 16.7. The molecule has 0 N–H and O–H groups in total. The number of aromatic nitrogens is 2. The summed E-state index contributed by atoms with van der Waals surface area (Å²) >= 11 is 0. The Morgan fingerprint density at radius 1 is 0.441 bits per heavy atom. The van der Waals surface area contributed by atoms with Gasteiger partial charge in [0.15, 0.2) is 0 Å². The van der Waals surface area contributed by atoms with E-state index in [0.717, 1.165) is 55.4 Å². The lowest BCUT2D eigenvalue weighted by Gasteiger charge is -2.14. The van der Waals surface area contributed by atoms with Gasteiger partial charge in [-0.3, -0.25) is 0 Å². The van der Waals surface area contributed by atoms with Crippen LogP contribution in [0.2, 0.25) is 0 Å². The summed E-state index contributed by atoms with van der Waals surface area (Å²) in [5.74, 6) is 0. The summed E-state index contributed by atoms with van der Waals surface area (Å²) in [6.07, 6.45) is 0. The van der Waals surface area contributed by atoms with Crippen molar-refractivity contribution >= 4 is 21.5 Å². The first-order valence-corrected chi connectivity index (χ1v) is 11.6. The zero-order chi connectivity index (χ0) is 23.1. The molecular formula is C32H24N2. The predicted octanol–water partition coefficient (Wildman–Crippen LogP) is 8.40. The second-order valence-electron chi connectivity index (χ2n) is 8.78. The Balaban J connectivity index is 1.66. The molecule has 0 unspecified atom stereocenters. The van der Waals surface area contributed by atoms with Crippen LogP contribution in [0.5, 0.6) is 0 Å². The van der Waals surface area contributed by atoms with Gasteiger partial charge in [0.2, 0.25) is 0 Å². The van der Waals surface area contributed by atoms with Crippen LogP contribution >= 0.6 is 0 Å². The van der Waals surface area contributed by atoms with Crippen LogP contribution in [0.15, 0.2) is 109 Å². The molecule has 0 saturated carbocycles. The van der Waals surface area contributed by atoms with E-state index in [1.54, 1.807) is 0 Å². The molecule has 0 aliphatic rings. The second-order valence-corrected chi connectivity index (χ2v) is 8.78. The van der Waals surface area contributed by atoms with Gasteiger partial charge in [0.25, 0.3) is 0 Å². The Hall–Kier alpha value is -4.30. The lowest BCUT2D eigenvalue weighted by molar-refractivity contribution is 1.26. The van der Waals surface area contributed by atoms with Crippen molar-refractivity contribution in [2.24, 2.45) is 0 Å². The average molecular weight is 437 g/mol. The van der Waals surface area contributed by atoms with Crippen LogP contribution in [0.25, 0.3) is 55.4 Å². The van der Waals surface area contributed by atoms with Crippen LogP contribution in [0.1, 0.15) is 11.1 Å². The lowest BCUT2D eigenvalue weighted by Crippen LogP contribution is -1.97. The molecule has 2 nitrogen and oxygen atoms in total. The summed E-state index contributed by atoms with van der Waals surface area (Å²) in [4.78, 5) is 10.4. The van der Waals surface area contributed by atoms with Gasteiger partial charge < -0.3 is 0 Å². The maximum absolute atomic E-state index is 5.20. The molecule has 34 heavy (non-hydrogen) atoms. The van der Waals surface area contributed by atoms with Crippen LogP contribution in [0, 0.1) is 13.8 Å². The quantitative estimate of drug-likeness (QED) is 0.278. The molecule has 0 aliphatic carbocycles. The topological polar surface area (TPSA) is 25.8 Å². The monoisotopic (exact) mass is 436 g/mol.